The summed E-state index contributed by atoms with van der Waals surface area (Å²) in [6.45, 7) is 1.17. The summed E-state index contributed by atoms with van der Waals surface area (Å²) in [6.07, 6.45) is 0.189. The van der Waals surface area contributed by atoms with E-state index in [9.17, 15) is 9.59 Å². The average molecular weight is 293 g/mol. The highest BCUT2D eigenvalue weighted by Crippen LogP contribution is 2.14. The normalized spacial score (nSPS) is 17.6. The van der Waals surface area contributed by atoms with Gasteiger partial charge in [0.25, 0.3) is 0 Å². The molecule has 0 saturated carbocycles. The van der Waals surface area contributed by atoms with Crippen LogP contribution in [0.2, 0.25) is 0 Å². The smallest absolute Gasteiger partial charge is 0.410 e. The molecule has 2 rings (SSSR count). The predicted molar refractivity (Wildman–Crippen MR) is 74.6 cm³/mol. The van der Waals surface area contributed by atoms with E-state index >= 15 is 0 Å². The zero-order valence-corrected chi connectivity index (χ0v) is 12.0. The minimum atomic E-state index is -0.417. The topological polar surface area (TPSA) is 65.1 Å². The maximum Gasteiger partial charge on any atom is 0.410 e. The Morgan fingerprint density at radius 1 is 1.29 bits per heavy atom. The van der Waals surface area contributed by atoms with E-state index in [0.717, 1.165) is 5.56 Å². The second-order valence-corrected chi connectivity index (χ2v) is 4.78. The van der Waals surface area contributed by atoms with Gasteiger partial charge in [0.05, 0.1) is 19.8 Å². The lowest BCUT2D eigenvalue weighted by molar-refractivity contribution is -0.147. The second kappa shape index (κ2) is 7.64. The Kier molecular flexibility index (Phi) is 5.57. The molecule has 0 N–H and O–H groups in total. The molecule has 1 saturated heterocycles. The molecule has 1 aromatic rings. The molecule has 6 heteroatoms. The number of amides is 1. The number of ether oxygens (including phenoxy) is 3. The number of likely N-dealkylation sites (tertiary alicyclic amines) is 1. The molecular formula is C15H19NO5. The summed E-state index contributed by atoms with van der Waals surface area (Å²) < 4.78 is 15.1. The first kappa shape index (κ1) is 15.3. The van der Waals surface area contributed by atoms with Gasteiger partial charge in [-0.3, -0.25) is 0 Å². The molecule has 1 aliphatic heterocycles. The van der Waals surface area contributed by atoms with Crippen LogP contribution in [0.4, 0.5) is 4.79 Å². The van der Waals surface area contributed by atoms with E-state index in [1.54, 1.807) is 4.90 Å². The quantitative estimate of drug-likeness (QED) is 0.771. The van der Waals surface area contributed by atoms with E-state index in [4.69, 9.17) is 9.47 Å². The van der Waals surface area contributed by atoms with Crippen molar-refractivity contribution >= 4 is 12.1 Å². The molecule has 1 aromatic carbocycles. The lowest BCUT2D eigenvalue weighted by Crippen LogP contribution is -2.31. The third-order valence-electron chi connectivity index (χ3n) is 3.27. The summed E-state index contributed by atoms with van der Waals surface area (Å²) >= 11 is 0. The molecule has 6 nitrogen and oxygen atoms in total. The molecule has 114 valence electrons. The maximum absolute atomic E-state index is 11.9. The van der Waals surface area contributed by atoms with Crippen LogP contribution in [0.5, 0.6) is 0 Å². The van der Waals surface area contributed by atoms with Gasteiger partial charge in [0.2, 0.25) is 0 Å². The van der Waals surface area contributed by atoms with E-state index < -0.39 is 5.97 Å². The van der Waals surface area contributed by atoms with Crippen LogP contribution in [-0.2, 0) is 25.6 Å². The van der Waals surface area contributed by atoms with E-state index in [1.807, 2.05) is 30.3 Å². The molecule has 1 fully saturated rings. The summed E-state index contributed by atoms with van der Waals surface area (Å²) in [7, 11) is 1.31. The fourth-order valence-corrected chi connectivity index (χ4v) is 2.09. The van der Waals surface area contributed by atoms with E-state index in [0.29, 0.717) is 19.5 Å². The molecule has 0 spiro atoms. The van der Waals surface area contributed by atoms with Crippen molar-refractivity contribution in [2.45, 2.75) is 19.1 Å². The SMILES string of the molecule is COC(=O)CO[C@H]1CCN(C(=O)OCc2ccccc2)C1. The molecule has 0 aromatic heterocycles. The number of rotatable bonds is 5. The van der Waals surface area contributed by atoms with Gasteiger partial charge in [-0.25, -0.2) is 9.59 Å². The second-order valence-electron chi connectivity index (χ2n) is 4.78. The Morgan fingerprint density at radius 3 is 2.76 bits per heavy atom. The number of carbonyl (C=O) groups excluding carboxylic acids is 2. The zero-order chi connectivity index (χ0) is 15.1. The Hall–Kier alpha value is -2.08. The van der Waals surface area contributed by atoms with Crippen molar-refractivity contribution in [3.63, 3.8) is 0 Å². The lowest BCUT2D eigenvalue weighted by atomic mass is 10.2. The highest BCUT2D eigenvalue weighted by Gasteiger charge is 2.28. The first-order chi connectivity index (χ1) is 10.2. The summed E-state index contributed by atoms with van der Waals surface area (Å²) in [5, 5.41) is 0. The molecule has 1 heterocycles. The van der Waals surface area contributed by atoms with Gasteiger partial charge >= 0.3 is 12.1 Å². The number of nitrogens with zero attached hydrogens (tertiary/aromatic N) is 1. The van der Waals surface area contributed by atoms with Crippen molar-refractivity contribution in [3.8, 4) is 0 Å². The third kappa shape index (κ3) is 4.75. The number of hydrogen-bond donors (Lipinski definition) is 0. The number of carbonyl (C=O) groups is 2. The largest absolute Gasteiger partial charge is 0.467 e. The predicted octanol–water partition coefficient (Wildman–Crippen LogP) is 1.59. The molecular weight excluding hydrogens is 274 g/mol. The van der Waals surface area contributed by atoms with Crippen LogP contribution in [0.1, 0.15) is 12.0 Å². The molecule has 0 bridgehead atoms. The van der Waals surface area contributed by atoms with Gasteiger partial charge in [0, 0.05) is 6.54 Å². The fraction of sp³-hybridized carbons (Fsp3) is 0.467. The fourth-order valence-electron chi connectivity index (χ4n) is 2.09. The number of methoxy groups -OCH3 is 1. The Bertz CT molecular complexity index is 476. The molecule has 0 aliphatic carbocycles. The first-order valence-electron chi connectivity index (χ1n) is 6.83. The van der Waals surface area contributed by atoms with Gasteiger partial charge in [-0.2, -0.15) is 0 Å². The number of hydrogen-bond acceptors (Lipinski definition) is 5. The van der Waals surface area contributed by atoms with Gasteiger partial charge in [-0.05, 0) is 12.0 Å². The molecule has 1 amide bonds. The number of benzene rings is 1. The van der Waals surface area contributed by atoms with E-state index in [1.165, 1.54) is 7.11 Å². The standard InChI is InChI=1S/C15H19NO5/c1-19-14(17)11-20-13-7-8-16(9-13)15(18)21-10-12-5-3-2-4-6-12/h2-6,13H,7-11H2,1H3/t13-/m0/s1. The number of esters is 1. The van der Waals surface area contributed by atoms with Gasteiger partial charge < -0.3 is 19.1 Å². The molecule has 0 radical (unpaired) electrons. The van der Waals surface area contributed by atoms with Crippen LogP contribution in [0.3, 0.4) is 0 Å². The van der Waals surface area contributed by atoms with Crippen molar-refractivity contribution < 1.29 is 23.8 Å². The maximum atomic E-state index is 11.9. The van der Waals surface area contributed by atoms with Crippen LogP contribution in [0.25, 0.3) is 0 Å². The third-order valence-corrected chi connectivity index (χ3v) is 3.27. The van der Waals surface area contributed by atoms with Gasteiger partial charge in [0.1, 0.15) is 13.2 Å². The zero-order valence-electron chi connectivity index (χ0n) is 12.0. The summed E-state index contributed by atoms with van der Waals surface area (Å²) in [5.41, 5.74) is 0.948. The first-order valence-corrected chi connectivity index (χ1v) is 6.83. The van der Waals surface area contributed by atoms with Crippen LogP contribution in [0, 0.1) is 0 Å². The highest BCUT2D eigenvalue weighted by atomic mass is 16.6. The minimum absolute atomic E-state index is 0.0892. The molecule has 1 atom stereocenters. The Balaban J connectivity index is 1.71. The van der Waals surface area contributed by atoms with Crippen molar-refractivity contribution in [1.82, 2.24) is 4.90 Å². The van der Waals surface area contributed by atoms with E-state index in [2.05, 4.69) is 4.74 Å². The Morgan fingerprint density at radius 2 is 2.05 bits per heavy atom. The molecule has 21 heavy (non-hydrogen) atoms. The van der Waals surface area contributed by atoms with Crippen LogP contribution in [0.15, 0.2) is 30.3 Å². The van der Waals surface area contributed by atoms with Gasteiger partial charge in [-0.15, -0.1) is 0 Å². The monoisotopic (exact) mass is 293 g/mol. The molecule has 1 aliphatic rings. The minimum Gasteiger partial charge on any atom is -0.467 e. The highest BCUT2D eigenvalue weighted by molar-refractivity contribution is 5.70. The van der Waals surface area contributed by atoms with Crippen molar-refractivity contribution in [1.29, 1.82) is 0 Å². The summed E-state index contributed by atoms with van der Waals surface area (Å²) in [6, 6.07) is 9.51. The van der Waals surface area contributed by atoms with Crippen LogP contribution >= 0.6 is 0 Å². The van der Waals surface area contributed by atoms with Crippen molar-refractivity contribution in [2.75, 3.05) is 26.8 Å². The lowest BCUT2D eigenvalue weighted by Gasteiger charge is -2.16. The average Bonchev–Trinajstić information content (AvgIpc) is 3.00. The Labute approximate surface area is 123 Å². The van der Waals surface area contributed by atoms with Crippen molar-refractivity contribution in [3.05, 3.63) is 35.9 Å². The molecule has 0 unspecified atom stereocenters. The van der Waals surface area contributed by atoms with Crippen molar-refractivity contribution in [2.24, 2.45) is 0 Å². The van der Waals surface area contributed by atoms with Gasteiger partial charge in [-0.1, -0.05) is 30.3 Å². The summed E-state index contributed by atoms with van der Waals surface area (Å²) in [4.78, 5) is 24.5. The van der Waals surface area contributed by atoms with E-state index in [-0.39, 0.29) is 25.4 Å². The van der Waals surface area contributed by atoms with Crippen LogP contribution in [-0.4, -0.2) is 49.9 Å². The van der Waals surface area contributed by atoms with Crippen LogP contribution < -0.4 is 0 Å². The summed E-state index contributed by atoms with van der Waals surface area (Å²) in [5.74, 6) is -0.417. The van der Waals surface area contributed by atoms with Gasteiger partial charge in [0.15, 0.2) is 0 Å².